The van der Waals surface area contributed by atoms with E-state index in [4.69, 9.17) is 9.47 Å². The molecular formula is C17H20N2O4. The molecule has 0 saturated carbocycles. The van der Waals surface area contributed by atoms with E-state index < -0.39 is 0 Å². The highest BCUT2D eigenvalue weighted by Gasteiger charge is 2.12. The summed E-state index contributed by atoms with van der Waals surface area (Å²) in [6, 6.07) is 7.30. The second-order valence-corrected chi connectivity index (χ2v) is 5.06. The Morgan fingerprint density at radius 1 is 1.17 bits per heavy atom. The van der Waals surface area contributed by atoms with Gasteiger partial charge in [0.2, 0.25) is 0 Å². The van der Waals surface area contributed by atoms with E-state index in [1.807, 2.05) is 18.2 Å². The molecule has 0 saturated heterocycles. The van der Waals surface area contributed by atoms with Gasteiger partial charge in [-0.1, -0.05) is 6.07 Å². The minimum Gasteiger partial charge on any atom is -0.493 e. The van der Waals surface area contributed by atoms with Gasteiger partial charge in [-0.2, -0.15) is 0 Å². The normalized spacial score (nSPS) is 10.2. The summed E-state index contributed by atoms with van der Waals surface area (Å²) in [5.74, 6) is 0.934. The monoisotopic (exact) mass is 316 g/mol. The van der Waals surface area contributed by atoms with Crippen molar-refractivity contribution in [3.8, 4) is 11.5 Å². The maximum Gasteiger partial charge on any atom is 0.261 e. The average Bonchev–Trinajstić information content (AvgIpc) is 2.54. The molecule has 0 unspecified atom stereocenters. The highest BCUT2D eigenvalue weighted by atomic mass is 16.5. The van der Waals surface area contributed by atoms with Crippen LogP contribution in [0.1, 0.15) is 21.5 Å². The van der Waals surface area contributed by atoms with Crippen molar-refractivity contribution in [3.63, 3.8) is 0 Å². The Bertz CT molecular complexity index is 752. The standard InChI is InChI=1S/C17H20N2O4/c1-11-6-8-18-16(20)15(11)17(21)19-9-7-12-4-5-13(22-2)14(10-12)23-3/h4-6,8,10H,7,9H2,1-3H3,(H,18,20)(H,19,21). The maximum atomic E-state index is 12.1. The summed E-state index contributed by atoms with van der Waals surface area (Å²) in [6.07, 6.45) is 2.15. The second kappa shape index (κ2) is 7.49. The zero-order valence-electron chi connectivity index (χ0n) is 13.4. The van der Waals surface area contributed by atoms with Crippen LogP contribution < -0.4 is 20.3 Å². The smallest absolute Gasteiger partial charge is 0.261 e. The number of carbonyl (C=O) groups excluding carboxylic acids is 1. The zero-order valence-corrected chi connectivity index (χ0v) is 13.4. The Hall–Kier alpha value is -2.76. The third-order valence-corrected chi connectivity index (χ3v) is 3.54. The summed E-state index contributed by atoms with van der Waals surface area (Å²) >= 11 is 0. The Morgan fingerprint density at radius 2 is 1.91 bits per heavy atom. The minimum absolute atomic E-state index is 0.153. The molecule has 122 valence electrons. The fraction of sp³-hybridized carbons (Fsp3) is 0.294. The third-order valence-electron chi connectivity index (χ3n) is 3.54. The number of hydrogen-bond acceptors (Lipinski definition) is 4. The van der Waals surface area contributed by atoms with E-state index in [0.717, 1.165) is 5.56 Å². The molecule has 23 heavy (non-hydrogen) atoms. The number of aryl methyl sites for hydroxylation is 1. The molecule has 6 nitrogen and oxygen atoms in total. The first-order chi connectivity index (χ1) is 11.1. The van der Waals surface area contributed by atoms with Crippen LogP contribution in [0.25, 0.3) is 0 Å². The van der Waals surface area contributed by atoms with Crippen LogP contribution in [0.2, 0.25) is 0 Å². The van der Waals surface area contributed by atoms with Gasteiger partial charge >= 0.3 is 0 Å². The fourth-order valence-electron chi connectivity index (χ4n) is 2.30. The van der Waals surface area contributed by atoms with Crippen LogP contribution >= 0.6 is 0 Å². The van der Waals surface area contributed by atoms with Gasteiger partial charge in [-0.25, -0.2) is 0 Å². The van der Waals surface area contributed by atoms with Gasteiger partial charge in [0, 0.05) is 12.7 Å². The highest BCUT2D eigenvalue weighted by molar-refractivity contribution is 5.95. The van der Waals surface area contributed by atoms with Crippen molar-refractivity contribution in [2.24, 2.45) is 0 Å². The maximum absolute atomic E-state index is 12.1. The molecule has 0 aliphatic carbocycles. The number of H-pyrrole nitrogens is 1. The van der Waals surface area contributed by atoms with E-state index in [1.165, 1.54) is 6.20 Å². The van der Waals surface area contributed by atoms with Gasteiger partial charge in [0.1, 0.15) is 5.56 Å². The van der Waals surface area contributed by atoms with E-state index in [9.17, 15) is 9.59 Å². The summed E-state index contributed by atoms with van der Waals surface area (Å²) in [7, 11) is 3.16. The van der Waals surface area contributed by atoms with Crippen LogP contribution in [0.5, 0.6) is 11.5 Å². The lowest BCUT2D eigenvalue weighted by Crippen LogP contribution is -2.31. The molecule has 0 atom stereocenters. The van der Waals surface area contributed by atoms with Crippen LogP contribution in [-0.4, -0.2) is 31.7 Å². The van der Waals surface area contributed by atoms with Crippen LogP contribution in [0.3, 0.4) is 0 Å². The van der Waals surface area contributed by atoms with Gasteiger partial charge in [0.15, 0.2) is 11.5 Å². The first-order valence-electron chi connectivity index (χ1n) is 7.24. The fourth-order valence-corrected chi connectivity index (χ4v) is 2.30. The summed E-state index contributed by atoms with van der Waals surface area (Å²) in [4.78, 5) is 26.4. The number of rotatable bonds is 6. The predicted molar refractivity (Wildman–Crippen MR) is 87.4 cm³/mol. The molecule has 1 aromatic carbocycles. The molecule has 1 amide bonds. The van der Waals surface area contributed by atoms with Crippen molar-refractivity contribution in [1.82, 2.24) is 10.3 Å². The minimum atomic E-state index is -0.381. The Labute approximate surface area is 134 Å². The molecular weight excluding hydrogens is 296 g/mol. The number of pyridine rings is 1. The molecule has 2 N–H and O–H groups in total. The Morgan fingerprint density at radius 3 is 2.57 bits per heavy atom. The van der Waals surface area contributed by atoms with Crippen molar-refractivity contribution < 1.29 is 14.3 Å². The number of aromatic amines is 1. The number of methoxy groups -OCH3 is 2. The molecule has 2 rings (SSSR count). The van der Waals surface area contributed by atoms with Gasteiger partial charge in [0.05, 0.1) is 14.2 Å². The summed E-state index contributed by atoms with van der Waals surface area (Å²) in [5, 5.41) is 2.76. The average molecular weight is 316 g/mol. The lowest BCUT2D eigenvalue weighted by atomic mass is 10.1. The second-order valence-electron chi connectivity index (χ2n) is 5.06. The van der Waals surface area contributed by atoms with Crippen LogP contribution in [0.15, 0.2) is 35.3 Å². The Kier molecular flexibility index (Phi) is 5.41. The van der Waals surface area contributed by atoms with Gasteiger partial charge in [-0.15, -0.1) is 0 Å². The predicted octanol–water partition coefficient (Wildman–Crippen LogP) is 1.67. The number of amides is 1. The molecule has 0 fully saturated rings. The first kappa shape index (κ1) is 16.6. The van der Waals surface area contributed by atoms with Crippen LogP contribution in [0.4, 0.5) is 0 Å². The number of aromatic nitrogens is 1. The van der Waals surface area contributed by atoms with Crippen molar-refractivity contribution in [2.45, 2.75) is 13.3 Å². The molecule has 0 bridgehead atoms. The number of hydrogen-bond donors (Lipinski definition) is 2. The lowest BCUT2D eigenvalue weighted by Gasteiger charge is -2.10. The van der Waals surface area contributed by atoms with Gasteiger partial charge in [0.25, 0.3) is 11.5 Å². The van der Waals surface area contributed by atoms with Crippen LogP contribution in [-0.2, 0) is 6.42 Å². The summed E-state index contributed by atoms with van der Waals surface area (Å²) < 4.78 is 10.4. The third kappa shape index (κ3) is 3.91. The number of carbonyl (C=O) groups is 1. The lowest BCUT2D eigenvalue weighted by molar-refractivity contribution is 0.0952. The summed E-state index contributed by atoms with van der Waals surface area (Å²) in [6.45, 7) is 2.15. The van der Waals surface area contributed by atoms with Gasteiger partial charge < -0.3 is 19.8 Å². The SMILES string of the molecule is COc1ccc(CCNC(=O)c2c(C)cc[nH]c2=O)cc1OC. The number of ether oxygens (including phenoxy) is 2. The molecule has 2 aromatic rings. The molecule has 0 spiro atoms. The van der Waals surface area contributed by atoms with E-state index in [-0.39, 0.29) is 17.0 Å². The number of nitrogens with one attached hydrogen (secondary N) is 2. The van der Waals surface area contributed by atoms with Crippen molar-refractivity contribution in [2.75, 3.05) is 20.8 Å². The topological polar surface area (TPSA) is 80.4 Å². The molecule has 0 radical (unpaired) electrons. The molecule has 1 heterocycles. The first-order valence-corrected chi connectivity index (χ1v) is 7.24. The molecule has 0 aliphatic heterocycles. The van der Waals surface area contributed by atoms with Crippen molar-refractivity contribution in [1.29, 1.82) is 0 Å². The molecule has 6 heteroatoms. The van der Waals surface area contributed by atoms with E-state index in [2.05, 4.69) is 10.3 Å². The van der Waals surface area contributed by atoms with Gasteiger partial charge in [-0.3, -0.25) is 9.59 Å². The quantitative estimate of drug-likeness (QED) is 0.849. The largest absolute Gasteiger partial charge is 0.493 e. The van der Waals surface area contributed by atoms with Crippen molar-refractivity contribution in [3.05, 3.63) is 57.5 Å². The zero-order chi connectivity index (χ0) is 16.8. The van der Waals surface area contributed by atoms with E-state index in [0.29, 0.717) is 30.0 Å². The molecule has 0 aliphatic rings. The van der Waals surface area contributed by atoms with Crippen molar-refractivity contribution >= 4 is 5.91 Å². The highest BCUT2D eigenvalue weighted by Crippen LogP contribution is 2.27. The number of benzene rings is 1. The van der Waals surface area contributed by atoms with Crippen LogP contribution in [0, 0.1) is 6.92 Å². The van der Waals surface area contributed by atoms with E-state index in [1.54, 1.807) is 27.2 Å². The van der Waals surface area contributed by atoms with Gasteiger partial charge in [-0.05, 0) is 42.7 Å². The summed E-state index contributed by atoms with van der Waals surface area (Å²) in [5.41, 5.74) is 1.42. The van der Waals surface area contributed by atoms with E-state index >= 15 is 0 Å². The Balaban J connectivity index is 2.00. The molecule has 1 aromatic heterocycles.